The SMILES string of the molecule is CCN(C[C@H]1CCCO1)C(=O)c1ccc(OCC(N)=O)c(OC)c1. The van der Waals surface area contributed by atoms with Crippen LogP contribution in [0.4, 0.5) is 0 Å². The first-order valence-electron chi connectivity index (χ1n) is 8.05. The van der Waals surface area contributed by atoms with Crippen LogP contribution in [0, 0.1) is 0 Å². The zero-order chi connectivity index (χ0) is 17.5. The summed E-state index contributed by atoms with van der Waals surface area (Å²) < 4.78 is 16.1. The molecule has 0 aromatic heterocycles. The Bertz CT molecular complexity index is 584. The molecule has 0 spiro atoms. The van der Waals surface area contributed by atoms with Gasteiger partial charge in [-0.2, -0.15) is 0 Å². The number of hydrogen-bond donors (Lipinski definition) is 1. The van der Waals surface area contributed by atoms with Crippen LogP contribution in [-0.2, 0) is 9.53 Å². The van der Waals surface area contributed by atoms with Crippen molar-refractivity contribution in [2.24, 2.45) is 5.73 Å². The largest absolute Gasteiger partial charge is 0.493 e. The zero-order valence-electron chi connectivity index (χ0n) is 14.1. The number of nitrogens with zero attached hydrogens (tertiary/aromatic N) is 1. The van der Waals surface area contributed by atoms with Crippen molar-refractivity contribution in [2.45, 2.75) is 25.9 Å². The lowest BCUT2D eigenvalue weighted by Crippen LogP contribution is -2.37. The lowest BCUT2D eigenvalue weighted by atomic mass is 10.1. The van der Waals surface area contributed by atoms with Crippen molar-refractivity contribution in [3.8, 4) is 11.5 Å². The van der Waals surface area contributed by atoms with Gasteiger partial charge in [0.15, 0.2) is 18.1 Å². The van der Waals surface area contributed by atoms with E-state index in [1.165, 1.54) is 7.11 Å². The van der Waals surface area contributed by atoms with Crippen LogP contribution in [0.25, 0.3) is 0 Å². The lowest BCUT2D eigenvalue weighted by molar-refractivity contribution is -0.119. The number of carbonyl (C=O) groups excluding carboxylic acids is 2. The Hall–Kier alpha value is -2.28. The van der Waals surface area contributed by atoms with E-state index in [0.717, 1.165) is 19.4 Å². The zero-order valence-corrected chi connectivity index (χ0v) is 14.1. The number of amides is 2. The fourth-order valence-electron chi connectivity index (χ4n) is 2.64. The van der Waals surface area contributed by atoms with Gasteiger partial charge in [-0.25, -0.2) is 0 Å². The van der Waals surface area contributed by atoms with E-state index in [1.807, 2.05) is 6.92 Å². The molecular weight excluding hydrogens is 312 g/mol. The number of hydrogen-bond acceptors (Lipinski definition) is 5. The molecule has 0 bridgehead atoms. The van der Waals surface area contributed by atoms with E-state index in [4.69, 9.17) is 19.9 Å². The summed E-state index contributed by atoms with van der Waals surface area (Å²) in [4.78, 5) is 25.3. The van der Waals surface area contributed by atoms with E-state index in [9.17, 15) is 9.59 Å². The number of methoxy groups -OCH3 is 1. The molecule has 1 saturated heterocycles. The minimum absolute atomic E-state index is 0.0900. The Morgan fingerprint density at radius 1 is 1.38 bits per heavy atom. The Kier molecular flexibility index (Phi) is 6.43. The number of likely N-dealkylation sites (N-methyl/N-ethyl adjacent to an activating group) is 1. The average molecular weight is 336 g/mol. The lowest BCUT2D eigenvalue weighted by Gasteiger charge is -2.24. The molecule has 2 N–H and O–H groups in total. The van der Waals surface area contributed by atoms with E-state index < -0.39 is 5.91 Å². The summed E-state index contributed by atoms with van der Waals surface area (Å²) in [6, 6.07) is 4.87. The van der Waals surface area contributed by atoms with Crippen LogP contribution >= 0.6 is 0 Å². The van der Waals surface area contributed by atoms with Gasteiger partial charge >= 0.3 is 0 Å². The molecule has 1 heterocycles. The van der Waals surface area contributed by atoms with Gasteiger partial charge in [0.1, 0.15) is 0 Å². The van der Waals surface area contributed by atoms with Crippen LogP contribution in [0.5, 0.6) is 11.5 Å². The average Bonchev–Trinajstić information content (AvgIpc) is 3.10. The van der Waals surface area contributed by atoms with Gasteiger partial charge in [-0.3, -0.25) is 9.59 Å². The quantitative estimate of drug-likeness (QED) is 0.770. The maximum Gasteiger partial charge on any atom is 0.255 e. The normalized spacial score (nSPS) is 16.7. The molecule has 132 valence electrons. The summed E-state index contributed by atoms with van der Waals surface area (Å²) in [5, 5.41) is 0. The van der Waals surface area contributed by atoms with Crippen molar-refractivity contribution in [3.05, 3.63) is 23.8 Å². The number of carbonyl (C=O) groups is 2. The number of rotatable bonds is 8. The van der Waals surface area contributed by atoms with Gasteiger partial charge in [0.2, 0.25) is 0 Å². The second-order valence-corrected chi connectivity index (χ2v) is 5.60. The van der Waals surface area contributed by atoms with E-state index in [-0.39, 0.29) is 18.6 Å². The number of ether oxygens (including phenoxy) is 3. The second-order valence-electron chi connectivity index (χ2n) is 5.60. The van der Waals surface area contributed by atoms with E-state index in [2.05, 4.69) is 0 Å². The molecule has 1 aromatic carbocycles. The second kappa shape index (κ2) is 8.54. The highest BCUT2D eigenvalue weighted by Crippen LogP contribution is 2.28. The van der Waals surface area contributed by atoms with Crippen molar-refractivity contribution < 1.29 is 23.8 Å². The van der Waals surface area contributed by atoms with Crippen molar-refractivity contribution >= 4 is 11.8 Å². The monoisotopic (exact) mass is 336 g/mol. The topological polar surface area (TPSA) is 91.1 Å². The van der Waals surface area contributed by atoms with E-state index in [1.54, 1.807) is 23.1 Å². The van der Waals surface area contributed by atoms with Crippen LogP contribution in [-0.4, -0.2) is 56.2 Å². The molecule has 2 rings (SSSR count). The predicted molar refractivity (Wildman–Crippen MR) is 88.2 cm³/mol. The van der Waals surface area contributed by atoms with Crippen LogP contribution in [0.3, 0.4) is 0 Å². The van der Waals surface area contributed by atoms with Crippen molar-refractivity contribution in [2.75, 3.05) is 33.4 Å². The number of nitrogens with two attached hydrogens (primary N) is 1. The maximum atomic E-state index is 12.7. The molecule has 1 aliphatic heterocycles. The standard InChI is InChI=1S/C17H24N2O5/c1-3-19(10-13-5-4-8-23-13)17(21)12-6-7-14(15(9-12)22-2)24-11-16(18)20/h6-7,9,13H,3-5,8,10-11H2,1-2H3,(H2,18,20)/t13-/m1/s1. The Morgan fingerprint density at radius 3 is 2.75 bits per heavy atom. The van der Waals surface area contributed by atoms with Gasteiger partial charge < -0.3 is 24.8 Å². The van der Waals surface area contributed by atoms with Crippen LogP contribution in [0.2, 0.25) is 0 Å². The van der Waals surface area contributed by atoms with E-state index in [0.29, 0.717) is 30.2 Å². The molecule has 24 heavy (non-hydrogen) atoms. The van der Waals surface area contributed by atoms with Gasteiger partial charge in [0.05, 0.1) is 13.2 Å². The highest BCUT2D eigenvalue weighted by atomic mass is 16.5. The van der Waals surface area contributed by atoms with Gasteiger partial charge in [-0.15, -0.1) is 0 Å². The highest BCUT2D eigenvalue weighted by molar-refractivity contribution is 5.95. The van der Waals surface area contributed by atoms with Gasteiger partial charge in [0, 0.05) is 25.3 Å². The smallest absolute Gasteiger partial charge is 0.255 e. The first-order valence-corrected chi connectivity index (χ1v) is 8.05. The van der Waals surface area contributed by atoms with Crippen LogP contribution in [0.15, 0.2) is 18.2 Å². The summed E-state index contributed by atoms with van der Waals surface area (Å²) in [5.41, 5.74) is 5.57. The minimum Gasteiger partial charge on any atom is -0.493 e. The van der Waals surface area contributed by atoms with Crippen molar-refractivity contribution in [1.82, 2.24) is 4.90 Å². The molecule has 0 saturated carbocycles. The molecule has 7 nitrogen and oxygen atoms in total. The fraction of sp³-hybridized carbons (Fsp3) is 0.529. The van der Waals surface area contributed by atoms with Crippen molar-refractivity contribution in [1.29, 1.82) is 0 Å². The molecule has 1 aromatic rings. The summed E-state index contributed by atoms with van der Waals surface area (Å²) in [5.74, 6) is 0.0870. The summed E-state index contributed by atoms with van der Waals surface area (Å²) in [6.45, 7) is 3.63. The summed E-state index contributed by atoms with van der Waals surface area (Å²) in [7, 11) is 1.48. The molecular formula is C17H24N2O5. The maximum absolute atomic E-state index is 12.7. The van der Waals surface area contributed by atoms with Crippen LogP contribution < -0.4 is 15.2 Å². The predicted octanol–water partition coefficient (Wildman–Crippen LogP) is 1.20. The third kappa shape index (κ3) is 4.61. The molecule has 1 aliphatic rings. The van der Waals surface area contributed by atoms with Crippen LogP contribution in [0.1, 0.15) is 30.1 Å². The third-order valence-electron chi connectivity index (χ3n) is 3.90. The fourth-order valence-corrected chi connectivity index (χ4v) is 2.64. The minimum atomic E-state index is -0.578. The molecule has 0 radical (unpaired) electrons. The Morgan fingerprint density at radius 2 is 2.17 bits per heavy atom. The Balaban J connectivity index is 2.10. The van der Waals surface area contributed by atoms with Crippen molar-refractivity contribution in [3.63, 3.8) is 0 Å². The first-order chi connectivity index (χ1) is 11.5. The third-order valence-corrected chi connectivity index (χ3v) is 3.90. The molecule has 7 heteroatoms. The highest BCUT2D eigenvalue weighted by Gasteiger charge is 2.23. The first kappa shape index (κ1) is 18.1. The molecule has 1 fully saturated rings. The molecule has 0 aliphatic carbocycles. The van der Waals surface area contributed by atoms with Gasteiger partial charge in [-0.05, 0) is 38.0 Å². The number of benzene rings is 1. The molecule has 1 atom stereocenters. The molecule has 0 unspecified atom stereocenters. The van der Waals surface area contributed by atoms with E-state index >= 15 is 0 Å². The molecule has 2 amide bonds. The van der Waals surface area contributed by atoms with Gasteiger partial charge in [0.25, 0.3) is 11.8 Å². The number of primary amides is 1. The Labute approximate surface area is 141 Å². The summed E-state index contributed by atoms with van der Waals surface area (Å²) >= 11 is 0. The summed E-state index contributed by atoms with van der Waals surface area (Å²) in [6.07, 6.45) is 2.12. The van der Waals surface area contributed by atoms with Gasteiger partial charge in [-0.1, -0.05) is 0 Å².